The Bertz CT molecular complexity index is 737. The predicted octanol–water partition coefficient (Wildman–Crippen LogP) is 3.31. The number of benzene rings is 1. The molecule has 1 amide bonds. The van der Waals surface area contributed by atoms with Gasteiger partial charge in [-0.15, -0.1) is 11.3 Å². The van der Waals surface area contributed by atoms with Gasteiger partial charge in [-0.3, -0.25) is 4.79 Å². The third-order valence-corrected chi connectivity index (χ3v) is 7.21. The second kappa shape index (κ2) is 6.78. The van der Waals surface area contributed by atoms with Crippen molar-refractivity contribution in [3.8, 4) is 0 Å². The number of nitrogens with zero attached hydrogens (tertiary/aromatic N) is 1. The van der Waals surface area contributed by atoms with Crippen LogP contribution in [0.4, 0.5) is 5.69 Å². The summed E-state index contributed by atoms with van der Waals surface area (Å²) in [5.74, 6) is 0.712. The molecule has 1 aromatic heterocycles. The van der Waals surface area contributed by atoms with Crippen molar-refractivity contribution in [2.45, 2.75) is 28.0 Å². The Morgan fingerprint density at radius 2 is 2.00 bits per heavy atom. The van der Waals surface area contributed by atoms with Crippen molar-refractivity contribution in [1.82, 2.24) is 10.2 Å². The van der Waals surface area contributed by atoms with Crippen LogP contribution in [0.5, 0.6) is 0 Å². The van der Waals surface area contributed by atoms with Gasteiger partial charge >= 0.3 is 0 Å². The van der Waals surface area contributed by atoms with Gasteiger partial charge in [-0.2, -0.15) is 0 Å². The van der Waals surface area contributed by atoms with E-state index in [4.69, 9.17) is 5.73 Å². The van der Waals surface area contributed by atoms with E-state index in [1.165, 1.54) is 37.3 Å². The number of carbonyl (C=O) groups is 1. The number of fused-ring (bicyclic) bond motifs is 3. The first kappa shape index (κ1) is 16.0. The average Bonchev–Trinajstić information content (AvgIpc) is 3.07. The SMILES string of the molecule is Nc1ccccc1Sc1ccc(C(=O)N[C@H]2CN3CCC2CC3)s1. The molecule has 0 saturated carbocycles. The van der Waals surface area contributed by atoms with E-state index in [2.05, 4.69) is 10.2 Å². The fourth-order valence-electron chi connectivity index (χ4n) is 3.55. The molecule has 3 aliphatic rings. The highest BCUT2D eigenvalue weighted by molar-refractivity contribution is 8.01. The van der Waals surface area contributed by atoms with E-state index < -0.39 is 0 Å². The van der Waals surface area contributed by atoms with Crippen molar-refractivity contribution >= 4 is 34.7 Å². The fraction of sp³-hybridized carbons (Fsp3) is 0.389. The molecule has 3 aliphatic heterocycles. The van der Waals surface area contributed by atoms with E-state index in [-0.39, 0.29) is 5.91 Å². The molecule has 24 heavy (non-hydrogen) atoms. The number of nitrogens with two attached hydrogens (primary N) is 1. The number of rotatable bonds is 4. The standard InChI is InChI=1S/C18H21N3OS2/c19-13-3-1-2-4-15(13)23-17-6-5-16(24-17)18(22)20-14-11-21-9-7-12(14)8-10-21/h1-6,12,14H,7-11,19H2,(H,20,22)/t14-/m0/s1. The van der Waals surface area contributed by atoms with Gasteiger partial charge in [0.25, 0.3) is 5.91 Å². The summed E-state index contributed by atoms with van der Waals surface area (Å²) in [6, 6.07) is 12.1. The van der Waals surface area contributed by atoms with E-state index in [1.54, 1.807) is 11.8 Å². The molecular formula is C18H21N3OS2. The molecule has 0 radical (unpaired) electrons. The highest BCUT2D eigenvalue weighted by atomic mass is 32.2. The molecule has 3 N–H and O–H groups in total. The minimum absolute atomic E-state index is 0.0617. The monoisotopic (exact) mass is 359 g/mol. The number of thiophene rings is 1. The van der Waals surface area contributed by atoms with Gasteiger partial charge in [0, 0.05) is 23.2 Å². The molecule has 4 heterocycles. The van der Waals surface area contributed by atoms with E-state index in [9.17, 15) is 4.79 Å². The number of anilines is 1. The lowest BCUT2D eigenvalue weighted by atomic mass is 9.84. The average molecular weight is 360 g/mol. The number of nitrogen functional groups attached to an aromatic ring is 1. The van der Waals surface area contributed by atoms with Crippen LogP contribution in [0.2, 0.25) is 0 Å². The maximum Gasteiger partial charge on any atom is 0.261 e. The van der Waals surface area contributed by atoms with E-state index in [0.717, 1.165) is 26.2 Å². The number of amides is 1. The van der Waals surface area contributed by atoms with Gasteiger partial charge in [0.15, 0.2) is 0 Å². The number of hydrogen-bond acceptors (Lipinski definition) is 5. The molecule has 0 spiro atoms. The van der Waals surface area contributed by atoms with Gasteiger partial charge in [0.05, 0.1) is 9.09 Å². The first-order valence-corrected chi connectivity index (χ1v) is 9.98. The molecule has 0 unspecified atom stereocenters. The summed E-state index contributed by atoms with van der Waals surface area (Å²) in [5.41, 5.74) is 6.77. The lowest BCUT2D eigenvalue weighted by molar-refractivity contribution is 0.0622. The number of piperidine rings is 3. The van der Waals surface area contributed by atoms with Crippen molar-refractivity contribution in [3.63, 3.8) is 0 Å². The normalized spacial score (nSPS) is 25.6. The van der Waals surface area contributed by atoms with E-state index >= 15 is 0 Å². The molecule has 6 heteroatoms. The van der Waals surface area contributed by atoms with Gasteiger partial charge in [-0.1, -0.05) is 23.9 Å². The predicted molar refractivity (Wildman–Crippen MR) is 99.7 cm³/mol. The largest absolute Gasteiger partial charge is 0.398 e. The molecule has 2 bridgehead atoms. The second-order valence-corrected chi connectivity index (χ2v) is 8.90. The van der Waals surface area contributed by atoms with Crippen LogP contribution < -0.4 is 11.1 Å². The maximum atomic E-state index is 12.6. The van der Waals surface area contributed by atoms with Crippen LogP contribution in [0.3, 0.4) is 0 Å². The molecule has 5 rings (SSSR count). The molecule has 126 valence electrons. The Morgan fingerprint density at radius 1 is 1.21 bits per heavy atom. The molecule has 3 saturated heterocycles. The second-order valence-electron chi connectivity index (χ2n) is 6.48. The van der Waals surface area contributed by atoms with Gasteiger partial charge < -0.3 is 16.0 Å². The zero-order chi connectivity index (χ0) is 16.5. The summed E-state index contributed by atoms with van der Waals surface area (Å²) >= 11 is 3.15. The van der Waals surface area contributed by atoms with Gasteiger partial charge in [-0.05, 0) is 56.1 Å². The summed E-state index contributed by atoms with van der Waals surface area (Å²) in [6.45, 7) is 3.38. The minimum atomic E-state index is 0.0617. The van der Waals surface area contributed by atoms with Crippen LogP contribution in [-0.2, 0) is 0 Å². The van der Waals surface area contributed by atoms with Crippen LogP contribution >= 0.6 is 23.1 Å². The third kappa shape index (κ3) is 3.31. The number of hydrogen-bond donors (Lipinski definition) is 2. The highest BCUT2D eigenvalue weighted by Crippen LogP contribution is 2.36. The maximum absolute atomic E-state index is 12.6. The van der Waals surface area contributed by atoms with Crippen LogP contribution in [-0.4, -0.2) is 36.5 Å². The van der Waals surface area contributed by atoms with E-state index in [0.29, 0.717) is 12.0 Å². The topological polar surface area (TPSA) is 58.4 Å². The molecular weight excluding hydrogens is 338 g/mol. The van der Waals surface area contributed by atoms with E-state index in [1.807, 2.05) is 36.4 Å². The number of para-hydroxylation sites is 1. The Balaban J connectivity index is 1.41. The van der Waals surface area contributed by atoms with Crippen molar-refractivity contribution < 1.29 is 4.79 Å². The molecule has 0 aliphatic carbocycles. The highest BCUT2D eigenvalue weighted by Gasteiger charge is 2.35. The zero-order valence-corrected chi connectivity index (χ0v) is 15.0. The summed E-state index contributed by atoms with van der Waals surface area (Å²) in [7, 11) is 0. The first-order valence-electron chi connectivity index (χ1n) is 8.34. The van der Waals surface area contributed by atoms with Crippen molar-refractivity contribution in [2.75, 3.05) is 25.4 Å². The zero-order valence-electron chi connectivity index (χ0n) is 13.4. The van der Waals surface area contributed by atoms with Crippen LogP contribution in [0.15, 0.2) is 45.5 Å². The quantitative estimate of drug-likeness (QED) is 0.823. The van der Waals surface area contributed by atoms with Crippen molar-refractivity contribution in [1.29, 1.82) is 0 Å². The summed E-state index contributed by atoms with van der Waals surface area (Å²) in [4.78, 5) is 16.8. The smallest absolute Gasteiger partial charge is 0.261 e. The first-order chi connectivity index (χ1) is 11.7. The Kier molecular flexibility index (Phi) is 4.52. The fourth-order valence-corrected chi connectivity index (χ4v) is 5.58. The molecule has 2 aromatic rings. The molecule has 1 atom stereocenters. The third-order valence-electron chi connectivity index (χ3n) is 4.91. The van der Waals surface area contributed by atoms with Gasteiger partial charge in [0.2, 0.25) is 0 Å². The van der Waals surface area contributed by atoms with Gasteiger partial charge in [0.1, 0.15) is 0 Å². The van der Waals surface area contributed by atoms with Crippen LogP contribution in [0.1, 0.15) is 22.5 Å². The number of carbonyl (C=O) groups excluding carboxylic acids is 1. The van der Waals surface area contributed by atoms with Crippen molar-refractivity contribution in [3.05, 3.63) is 41.3 Å². The minimum Gasteiger partial charge on any atom is -0.398 e. The summed E-state index contributed by atoms with van der Waals surface area (Å²) in [6.07, 6.45) is 2.42. The van der Waals surface area contributed by atoms with Crippen molar-refractivity contribution in [2.24, 2.45) is 5.92 Å². The van der Waals surface area contributed by atoms with Gasteiger partial charge in [-0.25, -0.2) is 0 Å². The lowest BCUT2D eigenvalue weighted by Crippen LogP contribution is -2.57. The van der Waals surface area contributed by atoms with Crippen LogP contribution in [0.25, 0.3) is 0 Å². The molecule has 1 aromatic carbocycles. The Labute approximate surface area is 150 Å². The summed E-state index contributed by atoms with van der Waals surface area (Å²) < 4.78 is 1.09. The Morgan fingerprint density at radius 3 is 2.71 bits per heavy atom. The molecule has 3 fully saturated rings. The lowest BCUT2D eigenvalue weighted by Gasteiger charge is -2.44. The summed E-state index contributed by atoms with van der Waals surface area (Å²) in [5, 5.41) is 3.25. The Hall–Kier alpha value is -1.50. The van der Waals surface area contributed by atoms with Crippen LogP contribution in [0, 0.1) is 5.92 Å². The molecule has 4 nitrogen and oxygen atoms in total. The number of nitrogens with one attached hydrogen (secondary N) is 1.